The Morgan fingerprint density at radius 1 is 1.30 bits per heavy atom. The Bertz CT molecular complexity index is 1110. The normalized spacial score (nSPS) is 10.9. The van der Waals surface area contributed by atoms with Crippen LogP contribution in [0.3, 0.4) is 0 Å². The van der Waals surface area contributed by atoms with Crippen molar-refractivity contribution < 1.29 is 9.53 Å². The Kier molecular flexibility index (Phi) is 4.51. The second kappa shape index (κ2) is 7.12. The predicted octanol–water partition coefficient (Wildman–Crippen LogP) is 3.43. The maximum atomic E-state index is 12.7. The van der Waals surface area contributed by atoms with E-state index < -0.39 is 0 Å². The van der Waals surface area contributed by atoms with Gasteiger partial charge in [0, 0.05) is 13.2 Å². The molecule has 0 spiro atoms. The van der Waals surface area contributed by atoms with E-state index in [4.69, 9.17) is 4.74 Å². The average molecular weight is 380 g/mol. The number of aromatic nitrogens is 5. The Balaban J connectivity index is 1.74. The van der Waals surface area contributed by atoms with Crippen molar-refractivity contribution in [3.05, 3.63) is 53.3 Å². The molecule has 3 heterocycles. The molecule has 0 bridgehead atoms. The molecule has 8 nitrogen and oxygen atoms in total. The number of anilines is 1. The zero-order valence-electron chi connectivity index (χ0n) is 14.7. The number of aryl methyl sites for hydroxylation is 2. The predicted molar refractivity (Wildman–Crippen MR) is 102 cm³/mol. The van der Waals surface area contributed by atoms with E-state index in [0.29, 0.717) is 39.7 Å². The lowest BCUT2D eigenvalue weighted by Crippen LogP contribution is -2.13. The number of fused-ring (bicyclic) bond motifs is 1. The summed E-state index contributed by atoms with van der Waals surface area (Å²) in [7, 11) is 1.82. The maximum Gasteiger partial charge on any atom is 0.270 e. The number of nitrogens with one attached hydrogen (secondary N) is 1. The molecule has 4 rings (SSSR count). The van der Waals surface area contributed by atoms with Gasteiger partial charge in [-0.25, -0.2) is 0 Å². The lowest BCUT2D eigenvalue weighted by atomic mass is 10.2. The summed E-state index contributed by atoms with van der Waals surface area (Å²) in [6, 6.07) is 9.24. The van der Waals surface area contributed by atoms with Crippen LogP contribution in [-0.2, 0) is 13.5 Å². The molecular weight excluding hydrogens is 364 g/mol. The monoisotopic (exact) mass is 380 g/mol. The number of hydrogen-bond acceptors (Lipinski definition) is 7. The van der Waals surface area contributed by atoms with Crippen LogP contribution < -0.4 is 10.1 Å². The van der Waals surface area contributed by atoms with Gasteiger partial charge in [0.15, 0.2) is 5.82 Å². The molecule has 3 aromatic heterocycles. The molecule has 0 saturated heterocycles. The molecule has 4 aromatic rings. The number of carbonyl (C=O) groups excluding carboxylic acids is 1. The molecule has 27 heavy (non-hydrogen) atoms. The summed E-state index contributed by atoms with van der Waals surface area (Å²) >= 11 is 1.07. The molecule has 0 aliphatic rings. The van der Waals surface area contributed by atoms with E-state index in [-0.39, 0.29) is 5.91 Å². The van der Waals surface area contributed by atoms with Crippen LogP contribution in [0.25, 0.3) is 10.9 Å². The zero-order chi connectivity index (χ0) is 18.8. The van der Waals surface area contributed by atoms with Gasteiger partial charge in [0.05, 0.1) is 22.8 Å². The van der Waals surface area contributed by atoms with E-state index in [1.807, 2.05) is 38.2 Å². The van der Waals surface area contributed by atoms with Gasteiger partial charge in [0.25, 0.3) is 5.91 Å². The second-order valence-electron chi connectivity index (χ2n) is 5.77. The van der Waals surface area contributed by atoms with Crippen molar-refractivity contribution >= 4 is 34.2 Å². The topological polar surface area (TPSA) is 94.8 Å². The summed E-state index contributed by atoms with van der Waals surface area (Å²) in [6.07, 6.45) is 3.94. The SMILES string of the molecule is CCc1nnsc1C(=O)Nc1nn(C)c2cccc(Oc3cccnc3)c12. The van der Waals surface area contributed by atoms with Crippen molar-refractivity contribution in [3.63, 3.8) is 0 Å². The third-order valence-corrected chi connectivity index (χ3v) is 4.80. The number of carbonyl (C=O) groups is 1. The summed E-state index contributed by atoms with van der Waals surface area (Å²) < 4.78 is 11.5. The van der Waals surface area contributed by atoms with E-state index in [1.54, 1.807) is 23.1 Å². The second-order valence-corrected chi connectivity index (χ2v) is 6.52. The quantitative estimate of drug-likeness (QED) is 0.570. The summed E-state index contributed by atoms with van der Waals surface area (Å²) in [5, 5.41) is 12.0. The standard InChI is InChI=1S/C18H16N6O2S/c1-3-12-16(27-23-21-12)18(25)20-17-15-13(24(2)22-17)7-4-8-14(15)26-11-6-5-9-19-10-11/h4-10H,3H2,1-2H3,(H,20,22,25). The number of pyridine rings is 1. The Hall–Kier alpha value is -3.33. The molecule has 0 unspecified atom stereocenters. The maximum absolute atomic E-state index is 12.7. The third kappa shape index (κ3) is 3.24. The summed E-state index contributed by atoms with van der Waals surface area (Å²) in [5.41, 5.74) is 1.51. The summed E-state index contributed by atoms with van der Waals surface area (Å²) in [4.78, 5) is 17.2. The van der Waals surface area contributed by atoms with Crippen LogP contribution in [0, 0.1) is 0 Å². The van der Waals surface area contributed by atoms with Crippen molar-refractivity contribution in [2.75, 3.05) is 5.32 Å². The lowest BCUT2D eigenvalue weighted by molar-refractivity contribution is 0.102. The molecule has 0 saturated carbocycles. The number of ether oxygens (including phenoxy) is 1. The Morgan fingerprint density at radius 3 is 2.96 bits per heavy atom. The number of nitrogens with zero attached hydrogens (tertiary/aromatic N) is 5. The number of benzene rings is 1. The van der Waals surface area contributed by atoms with Crippen LogP contribution in [0.4, 0.5) is 5.82 Å². The molecule has 0 aliphatic heterocycles. The first-order chi connectivity index (χ1) is 13.2. The van der Waals surface area contributed by atoms with Gasteiger partial charge in [-0.05, 0) is 42.2 Å². The van der Waals surface area contributed by atoms with E-state index >= 15 is 0 Å². The zero-order valence-corrected chi connectivity index (χ0v) is 15.5. The van der Waals surface area contributed by atoms with Gasteiger partial charge < -0.3 is 10.1 Å². The van der Waals surface area contributed by atoms with Crippen molar-refractivity contribution in [2.45, 2.75) is 13.3 Å². The van der Waals surface area contributed by atoms with Crippen molar-refractivity contribution in [1.82, 2.24) is 24.4 Å². The molecule has 0 atom stereocenters. The third-order valence-electron chi connectivity index (χ3n) is 4.03. The molecule has 0 aliphatic carbocycles. The molecule has 1 amide bonds. The molecule has 0 radical (unpaired) electrons. The van der Waals surface area contributed by atoms with Crippen molar-refractivity contribution in [1.29, 1.82) is 0 Å². The van der Waals surface area contributed by atoms with E-state index in [1.165, 1.54) is 0 Å². The number of amides is 1. The van der Waals surface area contributed by atoms with Gasteiger partial charge in [-0.3, -0.25) is 14.5 Å². The fourth-order valence-corrected chi connectivity index (χ4v) is 3.41. The summed E-state index contributed by atoms with van der Waals surface area (Å²) in [5.74, 6) is 1.33. The molecule has 136 valence electrons. The highest BCUT2D eigenvalue weighted by Crippen LogP contribution is 2.34. The first-order valence-corrected chi connectivity index (χ1v) is 9.11. The minimum atomic E-state index is -0.280. The first-order valence-electron chi connectivity index (χ1n) is 8.33. The molecule has 9 heteroatoms. The number of hydrogen-bond donors (Lipinski definition) is 1. The highest BCUT2D eigenvalue weighted by Gasteiger charge is 2.20. The van der Waals surface area contributed by atoms with Crippen LogP contribution in [0.2, 0.25) is 0 Å². The van der Waals surface area contributed by atoms with Crippen LogP contribution in [0.1, 0.15) is 22.3 Å². The molecule has 0 fully saturated rings. The van der Waals surface area contributed by atoms with E-state index in [0.717, 1.165) is 17.0 Å². The Morgan fingerprint density at radius 2 is 2.19 bits per heavy atom. The van der Waals surface area contributed by atoms with Gasteiger partial charge >= 0.3 is 0 Å². The highest BCUT2D eigenvalue weighted by molar-refractivity contribution is 7.08. The minimum Gasteiger partial charge on any atom is -0.455 e. The summed E-state index contributed by atoms with van der Waals surface area (Å²) in [6.45, 7) is 1.93. The minimum absolute atomic E-state index is 0.280. The van der Waals surface area contributed by atoms with E-state index in [2.05, 4.69) is 25.0 Å². The van der Waals surface area contributed by atoms with Crippen LogP contribution in [0.15, 0.2) is 42.7 Å². The largest absolute Gasteiger partial charge is 0.455 e. The van der Waals surface area contributed by atoms with Crippen LogP contribution >= 0.6 is 11.5 Å². The van der Waals surface area contributed by atoms with Gasteiger partial charge in [-0.1, -0.05) is 17.5 Å². The molecule has 1 aromatic carbocycles. The van der Waals surface area contributed by atoms with E-state index in [9.17, 15) is 4.79 Å². The molecular formula is C18H16N6O2S. The van der Waals surface area contributed by atoms with Gasteiger partial charge in [0.2, 0.25) is 0 Å². The van der Waals surface area contributed by atoms with Gasteiger partial charge in [-0.2, -0.15) is 5.10 Å². The highest BCUT2D eigenvalue weighted by atomic mass is 32.1. The molecule has 1 N–H and O–H groups in total. The van der Waals surface area contributed by atoms with Crippen LogP contribution in [0.5, 0.6) is 11.5 Å². The Labute approximate surface area is 159 Å². The van der Waals surface area contributed by atoms with Gasteiger partial charge in [-0.15, -0.1) is 5.10 Å². The van der Waals surface area contributed by atoms with Gasteiger partial charge in [0.1, 0.15) is 16.4 Å². The van der Waals surface area contributed by atoms with Crippen molar-refractivity contribution in [2.24, 2.45) is 7.05 Å². The fraction of sp³-hybridized carbons (Fsp3) is 0.167. The van der Waals surface area contributed by atoms with Crippen LogP contribution in [-0.4, -0.2) is 30.3 Å². The lowest BCUT2D eigenvalue weighted by Gasteiger charge is -2.08. The average Bonchev–Trinajstić information content (AvgIpc) is 3.28. The fourth-order valence-electron chi connectivity index (χ4n) is 2.76. The first kappa shape index (κ1) is 17.1. The van der Waals surface area contributed by atoms with Crippen molar-refractivity contribution in [3.8, 4) is 11.5 Å². The number of rotatable bonds is 5. The smallest absolute Gasteiger partial charge is 0.270 e.